The molecule has 0 radical (unpaired) electrons. The Morgan fingerprint density at radius 3 is 3.00 bits per heavy atom. The fourth-order valence-electron chi connectivity index (χ4n) is 2.81. The summed E-state index contributed by atoms with van der Waals surface area (Å²) in [4.78, 5) is 4.36. The van der Waals surface area contributed by atoms with Gasteiger partial charge < -0.3 is 10.4 Å². The Morgan fingerprint density at radius 2 is 2.39 bits per heavy atom. The number of aliphatic hydroxyl groups excluding tert-OH is 1. The number of hydrogen-bond donors (Lipinski definition) is 2. The van der Waals surface area contributed by atoms with Crippen LogP contribution < -0.4 is 5.32 Å². The van der Waals surface area contributed by atoms with Gasteiger partial charge in [-0.25, -0.2) is 0 Å². The van der Waals surface area contributed by atoms with Gasteiger partial charge in [0.1, 0.15) is 0 Å². The fraction of sp³-hybridized carbons (Fsp3) is 0.643. The van der Waals surface area contributed by atoms with Gasteiger partial charge in [-0.05, 0) is 46.8 Å². The zero-order valence-corrected chi connectivity index (χ0v) is 12.4. The molecular weight excluding hydrogens is 292 g/mol. The molecule has 18 heavy (non-hydrogen) atoms. The molecule has 0 bridgehead atoms. The SMILES string of the molecule is CC1CCCC(CO)(NCc2ccc(Br)cn2)C1. The van der Waals surface area contributed by atoms with E-state index in [1.54, 1.807) is 0 Å². The lowest BCUT2D eigenvalue weighted by Gasteiger charge is -2.39. The molecule has 3 nitrogen and oxygen atoms in total. The summed E-state index contributed by atoms with van der Waals surface area (Å²) in [7, 11) is 0. The van der Waals surface area contributed by atoms with Crippen LogP contribution in [0.25, 0.3) is 0 Å². The largest absolute Gasteiger partial charge is 0.394 e. The van der Waals surface area contributed by atoms with Gasteiger partial charge in [0, 0.05) is 22.8 Å². The van der Waals surface area contributed by atoms with Crippen molar-refractivity contribution < 1.29 is 5.11 Å². The number of hydrogen-bond acceptors (Lipinski definition) is 3. The maximum Gasteiger partial charge on any atom is 0.0613 e. The number of halogens is 1. The first-order valence-corrected chi connectivity index (χ1v) is 7.39. The highest BCUT2D eigenvalue weighted by atomic mass is 79.9. The summed E-state index contributed by atoms with van der Waals surface area (Å²) in [5.41, 5.74) is 0.913. The van der Waals surface area contributed by atoms with E-state index in [9.17, 15) is 5.11 Å². The van der Waals surface area contributed by atoms with E-state index < -0.39 is 0 Å². The molecule has 4 heteroatoms. The van der Waals surface area contributed by atoms with Crippen molar-refractivity contribution in [3.05, 3.63) is 28.5 Å². The zero-order chi connectivity index (χ0) is 13.0. The van der Waals surface area contributed by atoms with Gasteiger partial charge in [0.2, 0.25) is 0 Å². The Balaban J connectivity index is 1.96. The highest BCUT2D eigenvalue weighted by Crippen LogP contribution is 2.32. The maximum atomic E-state index is 9.69. The molecule has 2 N–H and O–H groups in total. The summed E-state index contributed by atoms with van der Waals surface area (Å²) < 4.78 is 0.995. The molecule has 1 fully saturated rings. The van der Waals surface area contributed by atoms with Crippen LogP contribution in [-0.2, 0) is 6.54 Å². The van der Waals surface area contributed by atoms with E-state index in [1.165, 1.54) is 12.8 Å². The fourth-order valence-corrected chi connectivity index (χ4v) is 3.04. The first-order chi connectivity index (χ1) is 8.63. The molecule has 1 aromatic heterocycles. The number of aliphatic hydroxyl groups is 1. The lowest BCUT2D eigenvalue weighted by Crippen LogP contribution is -2.51. The van der Waals surface area contributed by atoms with E-state index in [0.717, 1.165) is 29.6 Å². The molecule has 2 unspecified atom stereocenters. The molecule has 0 amide bonds. The second-order valence-corrected chi connectivity index (χ2v) is 6.38. The molecule has 100 valence electrons. The maximum absolute atomic E-state index is 9.69. The summed E-state index contributed by atoms with van der Waals surface area (Å²) in [5.74, 6) is 0.691. The third kappa shape index (κ3) is 3.53. The van der Waals surface area contributed by atoms with Crippen molar-refractivity contribution in [2.24, 2.45) is 5.92 Å². The number of nitrogens with one attached hydrogen (secondary N) is 1. The molecule has 2 atom stereocenters. The molecule has 2 rings (SSSR count). The molecule has 1 aliphatic rings. The Morgan fingerprint density at radius 1 is 1.56 bits per heavy atom. The van der Waals surface area contributed by atoms with Crippen LogP contribution in [0, 0.1) is 5.92 Å². The monoisotopic (exact) mass is 312 g/mol. The van der Waals surface area contributed by atoms with E-state index in [-0.39, 0.29) is 12.1 Å². The van der Waals surface area contributed by atoms with Crippen molar-refractivity contribution in [1.82, 2.24) is 10.3 Å². The second-order valence-electron chi connectivity index (χ2n) is 5.46. The first kappa shape index (κ1) is 14.0. The molecular formula is C14H21BrN2O. The van der Waals surface area contributed by atoms with Crippen LogP contribution in [0.1, 0.15) is 38.3 Å². The molecule has 1 heterocycles. The van der Waals surface area contributed by atoms with E-state index in [1.807, 2.05) is 18.3 Å². The summed E-state index contributed by atoms with van der Waals surface area (Å²) in [6, 6.07) is 4.01. The van der Waals surface area contributed by atoms with E-state index in [0.29, 0.717) is 5.92 Å². The Bertz CT molecular complexity index is 382. The first-order valence-electron chi connectivity index (χ1n) is 6.60. The summed E-state index contributed by atoms with van der Waals surface area (Å²) >= 11 is 3.38. The molecule has 1 aliphatic carbocycles. The van der Waals surface area contributed by atoms with Gasteiger partial charge in [-0.1, -0.05) is 19.8 Å². The lowest BCUT2D eigenvalue weighted by atomic mass is 9.77. The lowest BCUT2D eigenvalue weighted by molar-refractivity contribution is 0.0979. The molecule has 0 aromatic carbocycles. The highest BCUT2D eigenvalue weighted by Gasteiger charge is 2.33. The van der Waals surface area contributed by atoms with Gasteiger partial charge in [0.05, 0.1) is 12.3 Å². The van der Waals surface area contributed by atoms with Crippen molar-refractivity contribution in [2.45, 2.75) is 44.7 Å². The van der Waals surface area contributed by atoms with Crippen LogP contribution in [0.5, 0.6) is 0 Å². The molecule has 1 saturated carbocycles. The van der Waals surface area contributed by atoms with E-state index in [2.05, 4.69) is 33.2 Å². The Hall–Kier alpha value is -0.450. The minimum Gasteiger partial charge on any atom is -0.394 e. The minimum atomic E-state index is -0.105. The van der Waals surface area contributed by atoms with Crippen LogP contribution in [0.3, 0.4) is 0 Å². The number of nitrogens with zero attached hydrogens (tertiary/aromatic N) is 1. The summed E-state index contributed by atoms with van der Waals surface area (Å²) in [5, 5.41) is 13.2. The predicted molar refractivity (Wildman–Crippen MR) is 76.2 cm³/mol. The summed E-state index contributed by atoms with van der Waals surface area (Å²) in [6.07, 6.45) is 6.40. The van der Waals surface area contributed by atoms with E-state index in [4.69, 9.17) is 0 Å². The van der Waals surface area contributed by atoms with Gasteiger partial charge in [-0.15, -0.1) is 0 Å². The second kappa shape index (κ2) is 6.13. The third-order valence-corrected chi connectivity index (χ3v) is 4.30. The van der Waals surface area contributed by atoms with Crippen molar-refractivity contribution >= 4 is 15.9 Å². The molecule has 1 aromatic rings. The zero-order valence-electron chi connectivity index (χ0n) is 10.8. The smallest absolute Gasteiger partial charge is 0.0613 e. The molecule has 0 saturated heterocycles. The van der Waals surface area contributed by atoms with E-state index >= 15 is 0 Å². The standard InChI is InChI=1S/C14H21BrN2O/c1-11-3-2-6-14(7-11,10-18)17-9-13-5-4-12(15)8-16-13/h4-5,8,11,17-18H,2-3,6-7,9-10H2,1H3. The predicted octanol–water partition coefficient (Wildman–Crippen LogP) is 2.87. The summed E-state index contributed by atoms with van der Waals surface area (Å²) in [6.45, 7) is 3.21. The topological polar surface area (TPSA) is 45.1 Å². The average molecular weight is 313 g/mol. The van der Waals surface area contributed by atoms with Crippen LogP contribution in [0.2, 0.25) is 0 Å². The van der Waals surface area contributed by atoms with Crippen LogP contribution in [0.4, 0.5) is 0 Å². The van der Waals surface area contributed by atoms with Gasteiger partial charge >= 0.3 is 0 Å². The molecule has 0 aliphatic heterocycles. The van der Waals surface area contributed by atoms with Crippen molar-refractivity contribution in [2.75, 3.05) is 6.61 Å². The highest BCUT2D eigenvalue weighted by molar-refractivity contribution is 9.10. The van der Waals surface area contributed by atoms with Crippen molar-refractivity contribution in [3.8, 4) is 0 Å². The third-order valence-electron chi connectivity index (χ3n) is 3.83. The van der Waals surface area contributed by atoms with Crippen LogP contribution in [-0.4, -0.2) is 22.2 Å². The number of rotatable bonds is 4. The number of pyridine rings is 1. The van der Waals surface area contributed by atoms with Gasteiger partial charge in [-0.3, -0.25) is 4.98 Å². The average Bonchev–Trinajstić information content (AvgIpc) is 2.38. The van der Waals surface area contributed by atoms with Gasteiger partial charge in [0.25, 0.3) is 0 Å². The Kier molecular flexibility index (Phi) is 4.76. The van der Waals surface area contributed by atoms with Crippen molar-refractivity contribution in [1.29, 1.82) is 0 Å². The van der Waals surface area contributed by atoms with Crippen LogP contribution in [0.15, 0.2) is 22.8 Å². The quantitative estimate of drug-likeness (QED) is 0.898. The number of aromatic nitrogens is 1. The van der Waals surface area contributed by atoms with Crippen LogP contribution >= 0.6 is 15.9 Å². The molecule has 0 spiro atoms. The van der Waals surface area contributed by atoms with Gasteiger partial charge in [0.15, 0.2) is 0 Å². The Labute approximate surface area is 117 Å². The van der Waals surface area contributed by atoms with Crippen molar-refractivity contribution in [3.63, 3.8) is 0 Å². The minimum absolute atomic E-state index is 0.105. The normalized spacial score (nSPS) is 28.3. The van der Waals surface area contributed by atoms with Gasteiger partial charge in [-0.2, -0.15) is 0 Å².